The summed E-state index contributed by atoms with van der Waals surface area (Å²) in [5.41, 5.74) is -0.107. The molecule has 1 heterocycles. The Labute approximate surface area is 176 Å². The first-order valence-corrected chi connectivity index (χ1v) is 12.3. The molecule has 0 aromatic heterocycles. The van der Waals surface area contributed by atoms with Gasteiger partial charge in [0.2, 0.25) is 0 Å². The molecular weight excluding hydrogens is 422 g/mol. The maximum atomic E-state index is 11.7. The largest absolute Gasteiger partial charge is 0.345 e. The van der Waals surface area contributed by atoms with Gasteiger partial charge in [-0.3, -0.25) is 4.57 Å². The Balaban J connectivity index is 2.02. The SMILES string of the molecule is CC1CCC(C(C)(Cl)CCl)C(C2(c3ccccc3)OCC(P(=O)(O)O)CO2)C1. The molecular formula is C20H29Cl2O5P. The van der Waals surface area contributed by atoms with Crippen LogP contribution in [0.4, 0.5) is 0 Å². The lowest BCUT2D eigenvalue weighted by atomic mass is 9.65. The molecule has 1 aliphatic heterocycles. The van der Waals surface area contributed by atoms with Crippen molar-refractivity contribution in [1.29, 1.82) is 0 Å². The minimum Gasteiger partial charge on any atom is -0.345 e. The van der Waals surface area contributed by atoms with Gasteiger partial charge in [0.15, 0.2) is 5.79 Å². The van der Waals surface area contributed by atoms with Gasteiger partial charge in [0.05, 0.1) is 18.1 Å². The Bertz CT molecular complexity index is 700. The zero-order valence-electron chi connectivity index (χ0n) is 16.3. The van der Waals surface area contributed by atoms with Crippen LogP contribution in [-0.2, 0) is 19.8 Å². The summed E-state index contributed by atoms with van der Waals surface area (Å²) in [4.78, 5) is 18.5. The van der Waals surface area contributed by atoms with E-state index in [0.29, 0.717) is 11.8 Å². The van der Waals surface area contributed by atoms with Crippen molar-refractivity contribution in [1.82, 2.24) is 0 Å². The van der Waals surface area contributed by atoms with Gasteiger partial charge in [-0.2, -0.15) is 0 Å². The van der Waals surface area contributed by atoms with E-state index in [1.165, 1.54) is 0 Å². The predicted octanol–water partition coefficient (Wildman–Crippen LogP) is 4.72. The lowest BCUT2D eigenvalue weighted by molar-refractivity contribution is -0.318. The number of halogens is 2. The van der Waals surface area contributed by atoms with Crippen molar-refractivity contribution in [3.8, 4) is 0 Å². The summed E-state index contributed by atoms with van der Waals surface area (Å²) < 4.78 is 24.2. The Morgan fingerprint density at radius 1 is 1.21 bits per heavy atom. The van der Waals surface area contributed by atoms with E-state index in [2.05, 4.69) is 6.92 Å². The second-order valence-corrected chi connectivity index (χ2v) is 11.5. The van der Waals surface area contributed by atoms with E-state index in [1.54, 1.807) is 0 Å². The molecule has 3 rings (SSSR count). The molecule has 1 aromatic carbocycles. The zero-order chi connectivity index (χ0) is 20.6. The van der Waals surface area contributed by atoms with Gasteiger partial charge in [-0.1, -0.05) is 43.7 Å². The summed E-state index contributed by atoms with van der Waals surface area (Å²) >= 11 is 13.1. The van der Waals surface area contributed by atoms with Crippen LogP contribution in [0.1, 0.15) is 38.7 Å². The van der Waals surface area contributed by atoms with Crippen LogP contribution in [-0.4, -0.2) is 39.4 Å². The molecule has 0 radical (unpaired) electrons. The minimum absolute atomic E-state index is 0.0506. The molecule has 158 valence electrons. The van der Waals surface area contributed by atoms with Crippen molar-refractivity contribution >= 4 is 30.8 Å². The van der Waals surface area contributed by atoms with Gasteiger partial charge in [0.1, 0.15) is 5.66 Å². The van der Waals surface area contributed by atoms with Crippen LogP contribution < -0.4 is 0 Å². The molecule has 5 nitrogen and oxygen atoms in total. The molecule has 1 saturated carbocycles. The average molecular weight is 451 g/mol. The maximum absolute atomic E-state index is 11.7. The number of hydrogen-bond acceptors (Lipinski definition) is 3. The first kappa shape index (κ1) is 22.6. The van der Waals surface area contributed by atoms with E-state index in [-0.39, 0.29) is 25.0 Å². The fourth-order valence-corrected chi connectivity index (χ4v) is 5.61. The van der Waals surface area contributed by atoms with Gasteiger partial charge in [0.25, 0.3) is 0 Å². The van der Waals surface area contributed by atoms with E-state index in [1.807, 2.05) is 37.3 Å². The number of ether oxygens (including phenoxy) is 2. The number of hydrogen-bond donors (Lipinski definition) is 2. The summed E-state index contributed by atoms with van der Waals surface area (Å²) in [6, 6.07) is 9.65. The van der Waals surface area contributed by atoms with Gasteiger partial charge in [0, 0.05) is 17.4 Å². The number of rotatable bonds is 5. The predicted molar refractivity (Wildman–Crippen MR) is 111 cm³/mol. The maximum Gasteiger partial charge on any atom is 0.333 e. The van der Waals surface area contributed by atoms with Gasteiger partial charge < -0.3 is 19.3 Å². The topological polar surface area (TPSA) is 76.0 Å². The number of alkyl halides is 2. The summed E-state index contributed by atoms with van der Waals surface area (Å²) in [6.45, 7) is 4.04. The van der Waals surface area contributed by atoms with Crippen LogP contribution in [0, 0.1) is 17.8 Å². The summed E-state index contributed by atoms with van der Waals surface area (Å²) in [7, 11) is -4.29. The zero-order valence-corrected chi connectivity index (χ0v) is 18.7. The van der Waals surface area contributed by atoms with Crippen LogP contribution in [0.25, 0.3) is 0 Å². The third-order valence-electron chi connectivity index (χ3n) is 6.27. The van der Waals surface area contributed by atoms with Crippen molar-refractivity contribution in [2.75, 3.05) is 19.1 Å². The molecule has 1 aliphatic carbocycles. The van der Waals surface area contributed by atoms with E-state index in [4.69, 9.17) is 32.7 Å². The van der Waals surface area contributed by atoms with E-state index >= 15 is 0 Å². The van der Waals surface area contributed by atoms with Crippen molar-refractivity contribution < 1.29 is 23.8 Å². The van der Waals surface area contributed by atoms with Crippen LogP contribution in [0.5, 0.6) is 0 Å². The van der Waals surface area contributed by atoms with E-state index in [9.17, 15) is 14.4 Å². The Morgan fingerprint density at radius 3 is 2.36 bits per heavy atom. The van der Waals surface area contributed by atoms with Crippen molar-refractivity contribution in [2.45, 2.75) is 49.4 Å². The quantitative estimate of drug-likeness (QED) is 0.501. The molecule has 1 saturated heterocycles. The summed E-state index contributed by atoms with van der Waals surface area (Å²) in [6.07, 6.45) is 2.80. The van der Waals surface area contributed by atoms with Gasteiger partial charge in [-0.05, 0) is 31.6 Å². The standard InChI is InChI=1S/C20H29Cl2O5P/c1-14-8-9-17(19(2,22)13-21)18(10-14)20(15-6-4-3-5-7-15)26-11-16(12-27-20)28(23,24)25/h3-7,14,16-18H,8-13H2,1-2H3,(H2,23,24,25). The average Bonchev–Trinajstić information content (AvgIpc) is 2.67. The smallest absolute Gasteiger partial charge is 0.333 e. The fraction of sp³-hybridized carbons (Fsp3) is 0.700. The highest BCUT2D eigenvalue weighted by atomic mass is 35.5. The molecule has 4 atom stereocenters. The first-order chi connectivity index (χ1) is 13.1. The number of benzene rings is 1. The lowest BCUT2D eigenvalue weighted by Crippen LogP contribution is -2.55. The van der Waals surface area contributed by atoms with Crippen LogP contribution in [0.2, 0.25) is 0 Å². The highest BCUT2D eigenvalue weighted by Gasteiger charge is 2.55. The van der Waals surface area contributed by atoms with Gasteiger partial charge in [-0.25, -0.2) is 0 Å². The summed E-state index contributed by atoms with van der Waals surface area (Å²) in [5, 5.41) is 0. The van der Waals surface area contributed by atoms with Crippen LogP contribution in [0.3, 0.4) is 0 Å². The first-order valence-electron chi connectivity index (χ1n) is 9.73. The second-order valence-electron chi connectivity index (χ2n) is 8.44. The van der Waals surface area contributed by atoms with Crippen molar-refractivity contribution in [3.63, 3.8) is 0 Å². The molecule has 2 aliphatic rings. The highest BCUT2D eigenvalue weighted by molar-refractivity contribution is 7.52. The molecule has 4 unspecified atom stereocenters. The Hall–Kier alpha value is -0.130. The minimum atomic E-state index is -4.29. The third kappa shape index (κ3) is 4.46. The monoisotopic (exact) mass is 450 g/mol. The third-order valence-corrected chi connectivity index (χ3v) is 8.62. The Morgan fingerprint density at radius 2 is 1.82 bits per heavy atom. The molecule has 0 amide bonds. The Kier molecular flexibility index (Phi) is 6.88. The molecule has 0 spiro atoms. The summed E-state index contributed by atoms with van der Waals surface area (Å²) in [5.74, 6) is -0.335. The van der Waals surface area contributed by atoms with E-state index < -0.39 is 23.9 Å². The molecule has 1 aromatic rings. The fourth-order valence-electron chi connectivity index (χ4n) is 4.61. The molecule has 28 heavy (non-hydrogen) atoms. The second kappa shape index (κ2) is 8.55. The van der Waals surface area contributed by atoms with Gasteiger partial charge >= 0.3 is 7.60 Å². The molecule has 2 fully saturated rings. The van der Waals surface area contributed by atoms with Crippen LogP contribution in [0.15, 0.2) is 30.3 Å². The molecule has 0 bridgehead atoms. The van der Waals surface area contributed by atoms with E-state index in [0.717, 1.165) is 24.8 Å². The normalized spacial score (nSPS) is 36.6. The van der Waals surface area contributed by atoms with Crippen molar-refractivity contribution in [3.05, 3.63) is 35.9 Å². The lowest BCUT2D eigenvalue weighted by Gasteiger charge is -2.52. The highest BCUT2D eigenvalue weighted by Crippen LogP contribution is 2.55. The molecule has 8 heteroatoms. The van der Waals surface area contributed by atoms with Crippen molar-refractivity contribution in [2.24, 2.45) is 17.8 Å². The van der Waals surface area contributed by atoms with Gasteiger partial charge in [-0.15, -0.1) is 23.2 Å². The molecule has 2 N–H and O–H groups in total. The van der Waals surface area contributed by atoms with Crippen LogP contribution >= 0.6 is 30.8 Å².